The highest BCUT2D eigenvalue weighted by Crippen LogP contribution is 2.13. The van der Waals surface area contributed by atoms with Gasteiger partial charge in [0.05, 0.1) is 13.1 Å². The van der Waals surface area contributed by atoms with Crippen molar-refractivity contribution in [3.8, 4) is 0 Å². The van der Waals surface area contributed by atoms with Crippen molar-refractivity contribution in [1.82, 2.24) is 35.1 Å². The molecule has 0 aromatic carbocycles. The van der Waals surface area contributed by atoms with Gasteiger partial charge in [0.2, 0.25) is 10.0 Å². The molecule has 0 amide bonds. The number of hydrogen-bond donors (Lipinski definition) is 3. The Balaban J connectivity index is 1.53. The second-order valence-corrected chi connectivity index (χ2v) is 8.55. The first-order valence-corrected chi connectivity index (χ1v) is 11.4. The zero-order chi connectivity index (χ0) is 21.4. The minimum atomic E-state index is -3.58. The van der Waals surface area contributed by atoms with E-state index in [1.165, 1.54) is 18.5 Å². The number of pyridine rings is 1. The third-order valence-electron chi connectivity index (χ3n) is 4.48. The number of guanidine groups is 1. The van der Waals surface area contributed by atoms with Gasteiger partial charge in [-0.15, -0.1) is 0 Å². The molecule has 0 aliphatic carbocycles. The topological polar surface area (TPSA) is 135 Å². The van der Waals surface area contributed by atoms with Crippen LogP contribution in [-0.4, -0.2) is 66.9 Å². The first kappa shape index (κ1) is 22.1. The number of methoxy groups -OCH3 is 1. The van der Waals surface area contributed by atoms with Crippen LogP contribution in [0.25, 0.3) is 0 Å². The average molecular weight is 437 g/mol. The predicted molar refractivity (Wildman–Crippen MR) is 111 cm³/mol. The third-order valence-corrected chi connectivity index (χ3v) is 5.93. The van der Waals surface area contributed by atoms with Crippen molar-refractivity contribution in [2.45, 2.75) is 43.9 Å². The van der Waals surface area contributed by atoms with Gasteiger partial charge in [-0.1, -0.05) is 0 Å². The van der Waals surface area contributed by atoms with E-state index >= 15 is 0 Å². The number of rotatable bonds is 9. The van der Waals surface area contributed by atoms with Crippen molar-refractivity contribution in [1.29, 1.82) is 0 Å². The molecule has 3 N–H and O–H groups in total. The Bertz CT molecular complexity index is 946. The number of sulfonamides is 1. The van der Waals surface area contributed by atoms with Crippen LogP contribution >= 0.6 is 0 Å². The Kier molecular flexibility index (Phi) is 7.71. The standard InChI is InChI=1S/C18H28N8O3S/c1-3-20-18(21-9-10-22-30(27,28)15-5-4-8-19-11-15)23-14-6-7-17-24-16(13-29-2)25-26(17)12-14/h4-5,8,11,14,22H,3,6-7,9-10,12-13H2,1-2H3,(H2,20,21,23). The van der Waals surface area contributed by atoms with E-state index in [4.69, 9.17) is 4.74 Å². The molecular formula is C18H28N8O3S. The highest BCUT2D eigenvalue weighted by atomic mass is 32.2. The van der Waals surface area contributed by atoms with Gasteiger partial charge in [-0.05, 0) is 25.5 Å². The molecule has 0 radical (unpaired) electrons. The fraction of sp³-hybridized carbons (Fsp3) is 0.556. The number of ether oxygens (including phenoxy) is 1. The van der Waals surface area contributed by atoms with Crippen molar-refractivity contribution < 1.29 is 13.2 Å². The number of fused-ring (bicyclic) bond motifs is 1. The van der Waals surface area contributed by atoms with Gasteiger partial charge in [0.25, 0.3) is 0 Å². The molecule has 30 heavy (non-hydrogen) atoms. The Morgan fingerprint density at radius 1 is 1.43 bits per heavy atom. The molecular weight excluding hydrogens is 408 g/mol. The molecule has 3 rings (SSSR count). The van der Waals surface area contributed by atoms with Gasteiger partial charge in [0.1, 0.15) is 17.3 Å². The molecule has 0 bridgehead atoms. The second kappa shape index (κ2) is 10.5. The van der Waals surface area contributed by atoms with Crippen molar-refractivity contribution in [3.63, 3.8) is 0 Å². The molecule has 2 aromatic heterocycles. The maximum Gasteiger partial charge on any atom is 0.242 e. The molecule has 0 saturated heterocycles. The normalized spacial score (nSPS) is 16.9. The summed E-state index contributed by atoms with van der Waals surface area (Å²) in [7, 11) is -1.96. The van der Waals surface area contributed by atoms with E-state index in [0.717, 1.165) is 18.7 Å². The summed E-state index contributed by atoms with van der Waals surface area (Å²) in [4.78, 5) is 12.9. The number of nitrogens with zero attached hydrogens (tertiary/aromatic N) is 5. The Morgan fingerprint density at radius 3 is 3.03 bits per heavy atom. The van der Waals surface area contributed by atoms with E-state index in [2.05, 4.69) is 35.4 Å². The lowest BCUT2D eigenvalue weighted by atomic mass is 10.1. The van der Waals surface area contributed by atoms with Gasteiger partial charge in [0.15, 0.2) is 11.8 Å². The van der Waals surface area contributed by atoms with Crippen LogP contribution in [0.3, 0.4) is 0 Å². The molecule has 11 nitrogen and oxygen atoms in total. The molecule has 164 valence electrons. The lowest BCUT2D eigenvalue weighted by Crippen LogP contribution is -2.47. The molecule has 1 unspecified atom stereocenters. The van der Waals surface area contributed by atoms with Crippen molar-refractivity contribution in [2.24, 2.45) is 4.99 Å². The van der Waals surface area contributed by atoms with Crippen LogP contribution in [0.2, 0.25) is 0 Å². The van der Waals surface area contributed by atoms with Crippen LogP contribution in [0.15, 0.2) is 34.4 Å². The number of aryl methyl sites for hydroxylation is 1. The van der Waals surface area contributed by atoms with E-state index in [9.17, 15) is 8.42 Å². The molecule has 0 saturated carbocycles. The molecule has 0 spiro atoms. The number of nitrogens with one attached hydrogen (secondary N) is 3. The first-order chi connectivity index (χ1) is 14.5. The van der Waals surface area contributed by atoms with E-state index in [1.54, 1.807) is 13.2 Å². The van der Waals surface area contributed by atoms with Gasteiger partial charge < -0.3 is 15.4 Å². The second-order valence-electron chi connectivity index (χ2n) is 6.79. The zero-order valence-corrected chi connectivity index (χ0v) is 18.0. The fourth-order valence-corrected chi connectivity index (χ4v) is 4.10. The molecule has 1 atom stereocenters. The van der Waals surface area contributed by atoms with Crippen LogP contribution < -0.4 is 15.4 Å². The monoisotopic (exact) mass is 436 g/mol. The van der Waals surface area contributed by atoms with Crippen LogP contribution in [0.5, 0.6) is 0 Å². The zero-order valence-electron chi connectivity index (χ0n) is 17.2. The molecule has 1 aliphatic heterocycles. The summed E-state index contributed by atoms with van der Waals surface area (Å²) >= 11 is 0. The fourth-order valence-electron chi connectivity index (χ4n) is 3.12. The predicted octanol–water partition coefficient (Wildman–Crippen LogP) is -0.332. The van der Waals surface area contributed by atoms with Crippen LogP contribution in [-0.2, 0) is 34.3 Å². The minimum Gasteiger partial charge on any atom is -0.377 e. The summed E-state index contributed by atoms with van der Waals surface area (Å²) in [6.07, 6.45) is 4.57. The largest absolute Gasteiger partial charge is 0.377 e. The molecule has 2 aromatic rings. The highest BCUT2D eigenvalue weighted by Gasteiger charge is 2.22. The first-order valence-electron chi connectivity index (χ1n) is 9.88. The summed E-state index contributed by atoms with van der Waals surface area (Å²) in [5.41, 5.74) is 0. The summed E-state index contributed by atoms with van der Waals surface area (Å²) < 4.78 is 34.0. The van der Waals surface area contributed by atoms with Gasteiger partial charge in [0, 0.05) is 45.1 Å². The molecule has 0 fully saturated rings. The van der Waals surface area contributed by atoms with E-state index in [-0.39, 0.29) is 17.5 Å². The number of aliphatic imine (C=N–C) groups is 1. The minimum absolute atomic E-state index is 0.137. The molecule has 3 heterocycles. The maximum atomic E-state index is 12.2. The number of aromatic nitrogens is 4. The van der Waals surface area contributed by atoms with Gasteiger partial charge in [-0.2, -0.15) is 5.10 Å². The molecule has 12 heteroatoms. The van der Waals surface area contributed by atoms with Gasteiger partial charge in [-0.3, -0.25) is 9.98 Å². The van der Waals surface area contributed by atoms with Crippen LogP contribution in [0.1, 0.15) is 25.0 Å². The molecule has 1 aliphatic rings. The van der Waals surface area contributed by atoms with E-state index in [0.29, 0.717) is 38.0 Å². The van der Waals surface area contributed by atoms with Crippen LogP contribution in [0, 0.1) is 0 Å². The smallest absolute Gasteiger partial charge is 0.242 e. The summed E-state index contributed by atoms with van der Waals surface area (Å²) in [6, 6.07) is 3.24. The average Bonchev–Trinajstić information content (AvgIpc) is 3.14. The lowest BCUT2D eigenvalue weighted by molar-refractivity contribution is 0.177. The quantitative estimate of drug-likeness (QED) is 0.276. The summed E-state index contributed by atoms with van der Waals surface area (Å²) in [5, 5.41) is 11.1. The number of hydrogen-bond acceptors (Lipinski definition) is 7. The summed E-state index contributed by atoms with van der Waals surface area (Å²) in [6.45, 7) is 4.25. The lowest BCUT2D eigenvalue weighted by Gasteiger charge is -2.25. The Hall–Kier alpha value is -2.57. The van der Waals surface area contributed by atoms with Crippen molar-refractivity contribution in [2.75, 3.05) is 26.7 Å². The highest BCUT2D eigenvalue weighted by molar-refractivity contribution is 7.89. The van der Waals surface area contributed by atoms with Crippen molar-refractivity contribution >= 4 is 16.0 Å². The van der Waals surface area contributed by atoms with E-state index in [1.807, 2.05) is 11.6 Å². The van der Waals surface area contributed by atoms with E-state index < -0.39 is 10.0 Å². The van der Waals surface area contributed by atoms with Gasteiger partial charge in [-0.25, -0.2) is 22.8 Å². The SMILES string of the molecule is CCNC(=NCCNS(=O)(=O)c1cccnc1)NC1CCc2nc(COC)nn2C1. The van der Waals surface area contributed by atoms with Crippen LogP contribution in [0.4, 0.5) is 0 Å². The summed E-state index contributed by atoms with van der Waals surface area (Å²) in [5.74, 6) is 2.30. The third kappa shape index (κ3) is 5.97. The Labute approximate surface area is 176 Å². The maximum absolute atomic E-state index is 12.2. The Morgan fingerprint density at radius 2 is 2.30 bits per heavy atom. The van der Waals surface area contributed by atoms with Gasteiger partial charge >= 0.3 is 0 Å². The van der Waals surface area contributed by atoms with Crippen molar-refractivity contribution in [3.05, 3.63) is 36.2 Å².